The Labute approximate surface area is 181 Å². The Kier molecular flexibility index (Phi) is 7.62. The van der Waals surface area contributed by atoms with Gasteiger partial charge >= 0.3 is 6.03 Å². The van der Waals surface area contributed by atoms with Gasteiger partial charge < -0.3 is 10.2 Å². The maximum Gasteiger partial charge on any atom is 0.327 e. The molecule has 9 heteroatoms. The van der Waals surface area contributed by atoms with Gasteiger partial charge in [0.25, 0.3) is 11.8 Å². The molecule has 5 amide bonds. The fourth-order valence-corrected chi connectivity index (χ4v) is 4.37. The van der Waals surface area contributed by atoms with Gasteiger partial charge in [-0.1, -0.05) is 26.2 Å². The Morgan fingerprint density at radius 2 is 1.77 bits per heavy atom. The number of carbonyl (C=O) groups is 4. The fraction of sp³-hybridized carbons (Fsp3) is 0.545. The van der Waals surface area contributed by atoms with E-state index >= 15 is 0 Å². The van der Waals surface area contributed by atoms with E-state index in [9.17, 15) is 19.2 Å². The summed E-state index contributed by atoms with van der Waals surface area (Å²) < 4.78 is 0. The third-order valence-corrected chi connectivity index (χ3v) is 5.93. The lowest BCUT2D eigenvalue weighted by Crippen LogP contribution is -2.42. The highest BCUT2D eigenvalue weighted by molar-refractivity contribution is 6.05. The third kappa shape index (κ3) is 5.22. The molecular weight excluding hydrogens is 400 g/mol. The molecule has 0 radical (unpaired) electrons. The molecule has 0 aromatic heterocycles. The van der Waals surface area contributed by atoms with Crippen LogP contribution in [0.4, 0.5) is 10.5 Å². The molecule has 3 rings (SSSR count). The van der Waals surface area contributed by atoms with E-state index in [0.29, 0.717) is 12.2 Å². The molecule has 9 nitrogen and oxygen atoms in total. The van der Waals surface area contributed by atoms with Crippen molar-refractivity contribution >= 4 is 29.4 Å². The number of hydrogen-bond donors (Lipinski definition) is 3. The van der Waals surface area contributed by atoms with Crippen LogP contribution < -0.4 is 10.8 Å². The molecule has 2 fully saturated rings. The van der Waals surface area contributed by atoms with Crippen LogP contribution in [0.25, 0.3) is 0 Å². The van der Waals surface area contributed by atoms with Crippen LogP contribution in [0.5, 0.6) is 0 Å². The lowest BCUT2D eigenvalue weighted by atomic mass is 9.94. The van der Waals surface area contributed by atoms with Crippen molar-refractivity contribution in [3.63, 3.8) is 0 Å². The largest absolute Gasteiger partial charge is 0.327 e. The van der Waals surface area contributed by atoms with E-state index in [0.717, 1.165) is 38.5 Å². The van der Waals surface area contributed by atoms with Gasteiger partial charge in [-0.25, -0.2) is 10.3 Å². The summed E-state index contributed by atoms with van der Waals surface area (Å²) >= 11 is 0. The number of anilines is 1. The first kappa shape index (κ1) is 22.7. The third-order valence-electron chi connectivity index (χ3n) is 5.93. The smallest absolute Gasteiger partial charge is 0.326 e. The molecule has 2 aliphatic rings. The van der Waals surface area contributed by atoms with Gasteiger partial charge in [0.05, 0.1) is 0 Å². The van der Waals surface area contributed by atoms with Crippen LogP contribution in [0.3, 0.4) is 0 Å². The molecule has 0 bridgehead atoms. The zero-order chi connectivity index (χ0) is 22.4. The van der Waals surface area contributed by atoms with Crippen LogP contribution in [0.1, 0.15) is 68.6 Å². The number of benzene rings is 1. The van der Waals surface area contributed by atoms with Crippen molar-refractivity contribution in [2.75, 3.05) is 11.9 Å². The van der Waals surface area contributed by atoms with Gasteiger partial charge in [0.1, 0.15) is 6.04 Å². The first-order chi connectivity index (χ1) is 15.0. The Morgan fingerprint density at radius 1 is 1.10 bits per heavy atom. The van der Waals surface area contributed by atoms with E-state index in [4.69, 9.17) is 5.21 Å². The first-order valence-electron chi connectivity index (χ1n) is 10.9. The number of nitrogens with zero attached hydrogens (tertiary/aromatic N) is 2. The van der Waals surface area contributed by atoms with Crippen LogP contribution in [-0.2, 0) is 9.59 Å². The van der Waals surface area contributed by atoms with Crippen molar-refractivity contribution in [2.24, 2.45) is 0 Å². The molecule has 1 aliphatic heterocycles. The van der Waals surface area contributed by atoms with Crippen LogP contribution in [0.15, 0.2) is 24.3 Å². The van der Waals surface area contributed by atoms with E-state index < -0.39 is 11.9 Å². The molecule has 1 aromatic rings. The summed E-state index contributed by atoms with van der Waals surface area (Å²) in [4.78, 5) is 52.9. The summed E-state index contributed by atoms with van der Waals surface area (Å²) in [7, 11) is 0. The van der Waals surface area contributed by atoms with Crippen LogP contribution >= 0.6 is 0 Å². The lowest BCUT2D eigenvalue weighted by Gasteiger charge is -2.29. The topological polar surface area (TPSA) is 119 Å². The van der Waals surface area contributed by atoms with Crippen LogP contribution in [-0.4, -0.2) is 57.4 Å². The zero-order valence-electron chi connectivity index (χ0n) is 17.8. The summed E-state index contributed by atoms with van der Waals surface area (Å²) in [5, 5.41) is 11.4. The van der Waals surface area contributed by atoms with Crippen molar-refractivity contribution < 1.29 is 24.4 Å². The summed E-state index contributed by atoms with van der Waals surface area (Å²) in [6.07, 6.45) is 6.02. The molecule has 1 aromatic carbocycles. The highest BCUT2D eigenvalue weighted by atomic mass is 16.5. The second-order valence-corrected chi connectivity index (χ2v) is 8.10. The second kappa shape index (κ2) is 10.4. The number of imide groups is 1. The molecule has 0 spiro atoms. The van der Waals surface area contributed by atoms with Crippen molar-refractivity contribution in [1.82, 2.24) is 15.3 Å². The minimum absolute atomic E-state index is 0.0263. The molecule has 31 heavy (non-hydrogen) atoms. The summed E-state index contributed by atoms with van der Waals surface area (Å²) in [5.74, 6) is -1.09. The molecule has 1 heterocycles. The van der Waals surface area contributed by atoms with Gasteiger partial charge in [-0.15, -0.1) is 0 Å². The van der Waals surface area contributed by atoms with Gasteiger partial charge in [-0.05, 0) is 49.9 Å². The lowest BCUT2D eigenvalue weighted by molar-refractivity contribution is -0.130. The zero-order valence-corrected chi connectivity index (χ0v) is 17.8. The van der Waals surface area contributed by atoms with Crippen LogP contribution in [0, 0.1) is 0 Å². The van der Waals surface area contributed by atoms with Gasteiger partial charge in [-0.3, -0.25) is 24.5 Å². The number of hydrogen-bond acceptors (Lipinski definition) is 5. The van der Waals surface area contributed by atoms with Gasteiger partial charge in [-0.2, -0.15) is 0 Å². The highest BCUT2D eigenvalue weighted by Crippen LogP contribution is 2.30. The predicted octanol–water partition coefficient (Wildman–Crippen LogP) is 2.90. The maximum atomic E-state index is 13.1. The average Bonchev–Trinajstić information content (AvgIpc) is 3.02. The number of carbonyl (C=O) groups excluding carboxylic acids is 4. The minimum atomic E-state index is -0.638. The van der Waals surface area contributed by atoms with Crippen LogP contribution in [0.2, 0.25) is 0 Å². The first-order valence-corrected chi connectivity index (χ1v) is 10.9. The quantitative estimate of drug-likeness (QED) is 0.333. The highest BCUT2D eigenvalue weighted by Gasteiger charge is 2.47. The molecular formula is C22H30N4O5. The van der Waals surface area contributed by atoms with E-state index in [1.165, 1.54) is 17.0 Å². The molecule has 168 valence electrons. The van der Waals surface area contributed by atoms with Crippen molar-refractivity contribution in [3.05, 3.63) is 29.8 Å². The molecule has 1 saturated carbocycles. The Morgan fingerprint density at radius 3 is 2.39 bits per heavy atom. The normalized spacial score (nSPS) is 19.6. The maximum absolute atomic E-state index is 13.1. The SMILES string of the molecule is CCCN1C(=O)N(C2CCCCC2)C(=O)C1CCC(=O)Nc1ccc(C(=O)NO)cc1. The Hall–Kier alpha value is -2.94. The number of nitrogens with one attached hydrogen (secondary N) is 2. The predicted molar refractivity (Wildman–Crippen MR) is 113 cm³/mol. The molecule has 3 N–H and O–H groups in total. The fourth-order valence-electron chi connectivity index (χ4n) is 4.37. The number of rotatable bonds is 8. The standard InChI is InChI=1S/C22H30N4O5/c1-2-14-25-18(21(29)26(22(25)30)17-6-4-3-5-7-17)12-13-19(27)23-16-10-8-15(9-11-16)20(28)24-31/h8-11,17-18,31H,2-7,12-14H2,1H3,(H,23,27)(H,24,28). The number of urea groups is 1. The number of amides is 5. The summed E-state index contributed by atoms with van der Waals surface area (Å²) in [5.41, 5.74) is 2.31. The van der Waals surface area contributed by atoms with Crippen molar-refractivity contribution in [1.29, 1.82) is 0 Å². The summed E-state index contributed by atoms with van der Waals surface area (Å²) in [6.45, 7) is 2.46. The molecule has 1 atom stereocenters. The van der Waals surface area contributed by atoms with Gasteiger partial charge in [0, 0.05) is 30.3 Å². The van der Waals surface area contributed by atoms with E-state index in [2.05, 4.69) is 5.32 Å². The summed E-state index contributed by atoms with van der Waals surface area (Å²) in [6, 6.07) is 5.22. The van der Waals surface area contributed by atoms with Gasteiger partial charge in [0.2, 0.25) is 5.91 Å². The number of hydroxylamine groups is 1. The van der Waals surface area contributed by atoms with Crippen molar-refractivity contribution in [2.45, 2.75) is 70.4 Å². The molecule has 1 unspecified atom stereocenters. The second-order valence-electron chi connectivity index (χ2n) is 8.10. The molecule has 1 saturated heterocycles. The Balaban J connectivity index is 1.60. The van der Waals surface area contributed by atoms with E-state index in [1.807, 2.05) is 6.92 Å². The van der Waals surface area contributed by atoms with Gasteiger partial charge in [0.15, 0.2) is 0 Å². The molecule has 1 aliphatic carbocycles. The Bertz CT molecular complexity index is 820. The van der Waals surface area contributed by atoms with E-state index in [1.54, 1.807) is 22.5 Å². The average molecular weight is 431 g/mol. The van der Waals surface area contributed by atoms with E-state index in [-0.39, 0.29) is 42.3 Å². The minimum Gasteiger partial charge on any atom is -0.326 e. The van der Waals surface area contributed by atoms with Crippen molar-refractivity contribution in [3.8, 4) is 0 Å². The monoisotopic (exact) mass is 430 g/mol.